The SMILES string of the molecule is C(#Cc1cncnc1)Cn1cccn1. The first-order valence-corrected chi connectivity index (χ1v) is 4.16. The van der Waals surface area contributed by atoms with Crippen LogP contribution < -0.4 is 0 Å². The third-order valence-corrected chi connectivity index (χ3v) is 1.59. The number of hydrogen-bond donors (Lipinski definition) is 0. The molecule has 68 valence electrons. The van der Waals surface area contributed by atoms with Crippen molar-refractivity contribution in [1.29, 1.82) is 0 Å². The van der Waals surface area contributed by atoms with Crippen molar-refractivity contribution in [2.24, 2.45) is 0 Å². The maximum atomic E-state index is 4.03. The minimum Gasteiger partial charge on any atom is -0.261 e. The van der Waals surface area contributed by atoms with Crippen LogP contribution in [-0.4, -0.2) is 19.7 Å². The summed E-state index contributed by atoms with van der Waals surface area (Å²) < 4.78 is 1.76. The Balaban J connectivity index is 2.02. The van der Waals surface area contributed by atoms with Crippen molar-refractivity contribution in [3.8, 4) is 11.8 Å². The molecule has 0 N–H and O–H groups in total. The van der Waals surface area contributed by atoms with Gasteiger partial charge >= 0.3 is 0 Å². The van der Waals surface area contributed by atoms with Gasteiger partial charge in [0.25, 0.3) is 0 Å². The number of hydrogen-bond acceptors (Lipinski definition) is 3. The van der Waals surface area contributed by atoms with Crippen LogP contribution in [0.2, 0.25) is 0 Å². The zero-order valence-corrected chi connectivity index (χ0v) is 7.46. The van der Waals surface area contributed by atoms with Crippen LogP contribution in [0.4, 0.5) is 0 Å². The van der Waals surface area contributed by atoms with E-state index < -0.39 is 0 Å². The monoisotopic (exact) mass is 184 g/mol. The van der Waals surface area contributed by atoms with Crippen LogP contribution in [0.5, 0.6) is 0 Å². The third-order valence-electron chi connectivity index (χ3n) is 1.59. The summed E-state index contributed by atoms with van der Waals surface area (Å²) in [7, 11) is 0. The van der Waals surface area contributed by atoms with Gasteiger partial charge in [-0.2, -0.15) is 5.10 Å². The Kier molecular flexibility index (Phi) is 2.53. The molecule has 0 radical (unpaired) electrons. The van der Waals surface area contributed by atoms with Gasteiger partial charge < -0.3 is 0 Å². The number of aromatic nitrogens is 4. The van der Waals surface area contributed by atoms with Crippen molar-refractivity contribution < 1.29 is 0 Å². The van der Waals surface area contributed by atoms with E-state index in [1.54, 1.807) is 23.3 Å². The summed E-state index contributed by atoms with van der Waals surface area (Å²) in [5.74, 6) is 5.92. The van der Waals surface area contributed by atoms with Crippen LogP contribution in [0.3, 0.4) is 0 Å². The fourth-order valence-corrected chi connectivity index (χ4v) is 0.980. The summed E-state index contributed by atoms with van der Waals surface area (Å²) in [5, 5.41) is 4.03. The van der Waals surface area contributed by atoms with E-state index in [1.165, 1.54) is 6.33 Å². The van der Waals surface area contributed by atoms with E-state index in [-0.39, 0.29) is 0 Å². The largest absolute Gasteiger partial charge is 0.261 e. The molecule has 0 unspecified atom stereocenters. The van der Waals surface area contributed by atoms with E-state index in [4.69, 9.17) is 0 Å². The molecule has 0 fully saturated rings. The average molecular weight is 184 g/mol. The highest BCUT2D eigenvalue weighted by Gasteiger charge is 1.85. The Morgan fingerprint density at radius 1 is 1.29 bits per heavy atom. The molecule has 0 saturated carbocycles. The van der Waals surface area contributed by atoms with Gasteiger partial charge in [0.2, 0.25) is 0 Å². The molecule has 0 aliphatic rings. The predicted octanol–water partition coefficient (Wildman–Crippen LogP) is 0.725. The third kappa shape index (κ3) is 2.17. The van der Waals surface area contributed by atoms with Crippen molar-refractivity contribution in [2.75, 3.05) is 0 Å². The molecule has 2 aromatic rings. The molecule has 2 rings (SSSR count). The first-order chi connectivity index (χ1) is 6.95. The molecule has 0 bridgehead atoms. The highest BCUT2D eigenvalue weighted by molar-refractivity contribution is 5.28. The van der Waals surface area contributed by atoms with Gasteiger partial charge in [-0.15, -0.1) is 0 Å². The van der Waals surface area contributed by atoms with E-state index in [9.17, 15) is 0 Å². The van der Waals surface area contributed by atoms with Gasteiger partial charge in [0.15, 0.2) is 0 Å². The summed E-state index contributed by atoms with van der Waals surface area (Å²) in [4.78, 5) is 7.73. The highest BCUT2D eigenvalue weighted by atomic mass is 15.3. The van der Waals surface area contributed by atoms with Crippen molar-refractivity contribution in [3.05, 3.63) is 42.7 Å². The maximum Gasteiger partial charge on any atom is 0.115 e. The lowest BCUT2D eigenvalue weighted by Crippen LogP contribution is -1.94. The standard InChI is InChI=1S/C10H8N4/c1(5-14-6-2-4-13-14)3-10-7-11-9-12-8-10/h2,4,6-9H,5H2. The molecule has 0 spiro atoms. The van der Waals surface area contributed by atoms with E-state index in [1.807, 2.05) is 12.3 Å². The van der Waals surface area contributed by atoms with Crippen LogP contribution in [0.1, 0.15) is 5.56 Å². The average Bonchev–Trinajstić information content (AvgIpc) is 2.72. The lowest BCUT2D eigenvalue weighted by molar-refractivity contribution is 0.715. The molecule has 0 amide bonds. The first-order valence-electron chi connectivity index (χ1n) is 4.16. The van der Waals surface area contributed by atoms with Crippen LogP contribution >= 0.6 is 0 Å². The van der Waals surface area contributed by atoms with E-state index in [0.717, 1.165) is 5.56 Å². The van der Waals surface area contributed by atoms with Crippen molar-refractivity contribution in [2.45, 2.75) is 6.54 Å². The molecule has 0 saturated heterocycles. The Morgan fingerprint density at radius 2 is 2.14 bits per heavy atom. The van der Waals surface area contributed by atoms with Gasteiger partial charge in [0.1, 0.15) is 12.9 Å². The second-order valence-electron chi connectivity index (χ2n) is 2.63. The molecule has 4 nitrogen and oxygen atoms in total. The molecule has 0 atom stereocenters. The summed E-state index contributed by atoms with van der Waals surface area (Å²) in [6.07, 6.45) is 8.45. The van der Waals surface area contributed by atoms with E-state index >= 15 is 0 Å². The summed E-state index contributed by atoms with van der Waals surface area (Å²) >= 11 is 0. The molecule has 0 aliphatic heterocycles. The van der Waals surface area contributed by atoms with Gasteiger partial charge in [-0.05, 0) is 6.07 Å². The maximum absolute atomic E-state index is 4.03. The Morgan fingerprint density at radius 3 is 2.86 bits per heavy atom. The molecule has 0 aliphatic carbocycles. The first kappa shape index (κ1) is 8.45. The summed E-state index contributed by atoms with van der Waals surface area (Å²) in [6, 6.07) is 1.87. The normalized spacial score (nSPS) is 9.14. The molecule has 14 heavy (non-hydrogen) atoms. The molecule has 4 heteroatoms. The van der Waals surface area contributed by atoms with Crippen LogP contribution in [-0.2, 0) is 6.54 Å². The van der Waals surface area contributed by atoms with Crippen LogP contribution in [0, 0.1) is 11.8 Å². The second-order valence-corrected chi connectivity index (χ2v) is 2.63. The Hall–Kier alpha value is -2.15. The molecular formula is C10H8N4. The lowest BCUT2D eigenvalue weighted by atomic mass is 10.3. The lowest BCUT2D eigenvalue weighted by Gasteiger charge is -1.90. The van der Waals surface area contributed by atoms with Gasteiger partial charge in [-0.25, -0.2) is 9.97 Å². The fourth-order valence-electron chi connectivity index (χ4n) is 0.980. The second kappa shape index (κ2) is 4.19. The topological polar surface area (TPSA) is 43.6 Å². The van der Waals surface area contributed by atoms with Crippen LogP contribution in [0.15, 0.2) is 37.2 Å². The molecule has 2 heterocycles. The summed E-state index contributed by atoms with van der Waals surface area (Å²) in [6.45, 7) is 0.585. The van der Waals surface area contributed by atoms with Crippen molar-refractivity contribution >= 4 is 0 Å². The smallest absolute Gasteiger partial charge is 0.115 e. The zero-order chi connectivity index (χ0) is 9.64. The number of nitrogens with zero attached hydrogens (tertiary/aromatic N) is 4. The number of rotatable bonds is 1. The van der Waals surface area contributed by atoms with E-state index in [0.29, 0.717) is 6.54 Å². The van der Waals surface area contributed by atoms with Crippen molar-refractivity contribution in [3.63, 3.8) is 0 Å². The van der Waals surface area contributed by atoms with Gasteiger partial charge in [-0.3, -0.25) is 4.68 Å². The Labute approximate surface area is 81.6 Å². The highest BCUT2D eigenvalue weighted by Crippen LogP contribution is 1.88. The Bertz CT molecular complexity index is 436. The van der Waals surface area contributed by atoms with E-state index in [2.05, 4.69) is 26.9 Å². The predicted molar refractivity (Wildman–Crippen MR) is 51.1 cm³/mol. The fraction of sp³-hybridized carbons (Fsp3) is 0.100. The minimum absolute atomic E-state index is 0.585. The minimum atomic E-state index is 0.585. The summed E-state index contributed by atoms with van der Waals surface area (Å²) in [5.41, 5.74) is 0.819. The quantitative estimate of drug-likeness (QED) is 0.613. The van der Waals surface area contributed by atoms with Gasteiger partial charge in [0.05, 0.1) is 5.56 Å². The van der Waals surface area contributed by atoms with Crippen molar-refractivity contribution in [1.82, 2.24) is 19.7 Å². The van der Waals surface area contributed by atoms with Gasteiger partial charge in [0, 0.05) is 24.8 Å². The van der Waals surface area contributed by atoms with Gasteiger partial charge in [-0.1, -0.05) is 11.8 Å². The molecular weight excluding hydrogens is 176 g/mol. The van der Waals surface area contributed by atoms with Crippen LogP contribution in [0.25, 0.3) is 0 Å². The molecule has 0 aromatic carbocycles. The zero-order valence-electron chi connectivity index (χ0n) is 7.46. The molecule has 2 aromatic heterocycles.